The van der Waals surface area contributed by atoms with E-state index in [2.05, 4.69) is 4.98 Å². The molecule has 0 bridgehead atoms. The fourth-order valence-corrected chi connectivity index (χ4v) is 4.38. The van der Waals surface area contributed by atoms with Crippen molar-refractivity contribution in [2.45, 2.75) is 19.3 Å². The molecule has 0 aliphatic heterocycles. The Bertz CT molecular complexity index is 983. The van der Waals surface area contributed by atoms with Crippen LogP contribution in [0, 0.1) is 0 Å². The van der Waals surface area contributed by atoms with E-state index in [0.29, 0.717) is 20.9 Å². The SMILES string of the molecule is O=c1[nH]c2sc3c(c2c(=O)n1-c1cccc(Cl)c1)CCC3. The van der Waals surface area contributed by atoms with E-state index in [-0.39, 0.29) is 5.56 Å². The van der Waals surface area contributed by atoms with Crippen LogP contribution in [0.2, 0.25) is 5.02 Å². The molecule has 2 heterocycles. The summed E-state index contributed by atoms with van der Waals surface area (Å²) in [5, 5.41) is 1.15. The van der Waals surface area contributed by atoms with E-state index in [1.54, 1.807) is 24.3 Å². The van der Waals surface area contributed by atoms with Crippen LogP contribution in [-0.4, -0.2) is 9.55 Å². The smallest absolute Gasteiger partial charge is 0.298 e. The summed E-state index contributed by atoms with van der Waals surface area (Å²) in [6.07, 6.45) is 2.98. The van der Waals surface area contributed by atoms with Crippen molar-refractivity contribution in [2.75, 3.05) is 0 Å². The highest BCUT2D eigenvalue weighted by Gasteiger charge is 2.22. The van der Waals surface area contributed by atoms with E-state index in [1.165, 1.54) is 20.8 Å². The molecule has 4 nitrogen and oxygen atoms in total. The van der Waals surface area contributed by atoms with Gasteiger partial charge in [0.1, 0.15) is 4.83 Å². The molecule has 1 aliphatic rings. The molecule has 0 amide bonds. The number of halogens is 1. The lowest BCUT2D eigenvalue weighted by Gasteiger charge is -2.05. The molecule has 4 rings (SSSR count). The molecule has 1 N–H and O–H groups in total. The lowest BCUT2D eigenvalue weighted by molar-refractivity contribution is 0.894. The number of nitrogens with one attached hydrogen (secondary N) is 1. The van der Waals surface area contributed by atoms with Gasteiger partial charge in [-0.3, -0.25) is 9.78 Å². The standard InChI is InChI=1S/C15H11ClN2O2S/c16-8-3-1-4-9(7-8)18-14(19)12-10-5-2-6-11(10)21-13(12)17-15(18)20/h1,3-4,7H,2,5-6H2,(H,17,20). The summed E-state index contributed by atoms with van der Waals surface area (Å²) in [5.41, 5.74) is 0.922. The number of thiophene rings is 1. The Morgan fingerprint density at radius 3 is 2.90 bits per heavy atom. The van der Waals surface area contributed by atoms with Crippen molar-refractivity contribution in [3.05, 3.63) is 60.6 Å². The molecule has 0 saturated carbocycles. The summed E-state index contributed by atoms with van der Waals surface area (Å²) >= 11 is 7.49. The van der Waals surface area contributed by atoms with Gasteiger partial charge in [-0.05, 0) is 43.0 Å². The van der Waals surface area contributed by atoms with Crippen LogP contribution < -0.4 is 11.2 Å². The van der Waals surface area contributed by atoms with Crippen LogP contribution in [0.25, 0.3) is 15.9 Å². The average Bonchev–Trinajstić information content (AvgIpc) is 2.98. The second-order valence-corrected chi connectivity index (χ2v) is 6.65. The predicted octanol–water partition coefficient (Wildman–Crippen LogP) is 2.88. The summed E-state index contributed by atoms with van der Waals surface area (Å²) < 4.78 is 1.17. The lowest BCUT2D eigenvalue weighted by atomic mass is 10.2. The maximum absolute atomic E-state index is 12.8. The van der Waals surface area contributed by atoms with Gasteiger partial charge in [-0.1, -0.05) is 17.7 Å². The second-order valence-electron chi connectivity index (χ2n) is 5.11. The molecule has 0 fully saturated rings. The Kier molecular flexibility index (Phi) is 2.80. The van der Waals surface area contributed by atoms with Crippen molar-refractivity contribution >= 4 is 33.2 Å². The highest BCUT2D eigenvalue weighted by atomic mass is 35.5. The number of aryl methyl sites for hydroxylation is 2. The molecule has 3 aromatic rings. The summed E-state index contributed by atoms with van der Waals surface area (Å²) in [4.78, 5) is 29.8. The van der Waals surface area contributed by atoms with Gasteiger partial charge in [0, 0.05) is 9.90 Å². The van der Waals surface area contributed by atoms with Crippen molar-refractivity contribution in [3.8, 4) is 5.69 Å². The van der Waals surface area contributed by atoms with Crippen LogP contribution in [-0.2, 0) is 12.8 Å². The summed E-state index contributed by atoms with van der Waals surface area (Å²) in [6, 6.07) is 6.77. The largest absolute Gasteiger partial charge is 0.334 e. The van der Waals surface area contributed by atoms with Gasteiger partial charge >= 0.3 is 5.69 Å². The normalized spacial score (nSPS) is 13.8. The van der Waals surface area contributed by atoms with E-state index in [0.717, 1.165) is 24.8 Å². The number of rotatable bonds is 1. The highest BCUT2D eigenvalue weighted by Crippen LogP contribution is 2.34. The minimum atomic E-state index is -0.422. The molecule has 21 heavy (non-hydrogen) atoms. The minimum Gasteiger partial charge on any atom is -0.298 e. The molecule has 0 spiro atoms. The fourth-order valence-electron chi connectivity index (χ4n) is 2.93. The first-order valence-electron chi connectivity index (χ1n) is 6.70. The maximum Gasteiger partial charge on any atom is 0.334 e. The Morgan fingerprint density at radius 1 is 1.24 bits per heavy atom. The number of H-pyrrole nitrogens is 1. The van der Waals surface area contributed by atoms with E-state index >= 15 is 0 Å². The molecular weight excluding hydrogens is 308 g/mol. The summed E-state index contributed by atoms with van der Waals surface area (Å²) in [6.45, 7) is 0. The first kappa shape index (κ1) is 12.9. The molecule has 0 atom stereocenters. The number of hydrogen-bond donors (Lipinski definition) is 1. The third-order valence-corrected chi connectivity index (χ3v) is 5.27. The summed E-state index contributed by atoms with van der Waals surface area (Å²) in [5.74, 6) is 0. The van der Waals surface area contributed by atoms with Crippen molar-refractivity contribution < 1.29 is 0 Å². The Labute approximate surface area is 128 Å². The lowest BCUT2D eigenvalue weighted by Crippen LogP contribution is -2.33. The van der Waals surface area contributed by atoms with Crippen LogP contribution in [0.1, 0.15) is 16.9 Å². The number of aromatic nitrogens is 2. The first-order chi connectivity index (χ1) is 10.1. The van der Waals surface area contributed by atoms with Gasteiger partial charge in [0.25, 0.3) is 5.56 Å². The van der Waals surface area contributed by atoms with Gasteiger partial charge < -0.3 is 0 Å². The monoisotopic (exact) mass is 318 g/mol. The number of hydrogen-bond acceptors (Lipinski definition) is 3. The Hall–Kier alpha value is -1.85. The van der Waals surface area contributed by atoms with Gasteiger partial charge in [0.15, 0.2) is 0 Å². The molecule has 0 unspecified atom stereocenters. The third kappa shape index (κ3) is 1.88. The van der Waals surface area contributed by atoms with Gasteiger partial charge in [0.2, 0.25) is 0 Å². The van der Waals surface area contributed by atoms with Crippen molar-refractivity contribution in [1.82, 2.24) is 9.55 Å². The van der Waals surface area contributed by atoms with Crippen molar-refractivity contribution in [3.63, 3.8) is 0 Å². The fraction of sp³-hybridized carbons (Fsp3) is 0.200. The topological polar surface area (TPSA) is 54.9 Å². The van der Waals surface area contributed by atoms with E-state index in [9.17, 15) is 9.59 Å². The molecule has 0 radical (unpaired) electrons. The maximum atomic E-state index is 12.8. The summed E-state index contributed by atoms with van der Waals surface area (Å²) in [7, 11) is 0. The average molecular weight is 319 g/mol. The molecule has 1 aromatic carbocycles. The zero-order valence-corrected chi connectivity index (χ0v) is 12.6. The van der Waals surface area contributed by atoms with Gasteiger partial charge in [-0.2, -0.15) is 0 Å². The van der Waals surface area contributed by atoms with Crippen LogP contribution >= 0.6 is 22.9 Å². The highest BCUT2D eigenvalue weighted by molar-refractivity contribution is 7.18. The van der Waals surface area contributed by atoms with Crippen LogP contribution in [0.5, 0.6) is 0 Å². The quantitative estimate of drug-likeness (QED) is 0.750. The molecule has 6 heteroatoms. The number of benzene rings is 1. The Balaban J connectivity index is 2.11. The molecule has 0 saturated heterocycles. The van der Waals surface area contributed by atoms with Crippen molar-refractivity contribution in [1.29, 1.82) is 0 Å². The van der Waals surface area contributed by atoms with E-state index in [1.807, 2.05) is 0 Å². The predicted molar refractivity (Wildman–Crippen MR) is 85.1 cm³/mol. The first-order valence-corrected chi connectivity index (χ1v) is 7.90. The molecular formula is C15H11ClN2O2S. The van der Waals surface area contributed by atoms with E-state index in [4.69, 9.17) is 11.6 Å². The number of fused-ring (bicyclic) bond motifs is 3. The minimum absolute atomic E-state index is 0.254. The molecule has 1 aliphatic carbocycles. The van der Waals surface area contributed by atoms with Crippen LogP contribution in [0.3, 0.4) is 0 Å². The number of aromatic amines is 1. The van der Waals surface area contributed by atoms with Gasteiger partial charge in [-0.15, -0.1) is 11.3 Å². The zero-order valence-electron chi connectivity index (χ0n) is 11.0. The Morgan fingerprint density at radius 2 is 2.10 bits per heavy atom. The molecule has 2 aromatic heterocycles. The van der Waals surface area contributed by atoms with Gasteiger partial charge in [0.05, 0.1) is 11.1 Å². The van der Waals surface area contributed by atoms with Crippen molar-refractivity contribution in [2.24, 2.45) is 0 Å². The molecule has 106 valence electrons. The van der Waals surface area contributed by atoms with Gasteiger partial charge in [-0.25, -0.2) is 9.36 Å². The van der Waals surface area contributed by atoms with E-state index < -0.39 is 5.69 Å². The van der Waals surface area contributed by atoms with Crippen LogP contribution in [0.15, 0.2) is 33.9 Å². The second kappa shape index (κ2) is 4.58. The number of nitrogens with zero attached hydrogens (tertiary/aromatic N) is 1. The van der Waals surface area contributed by atoms with Crippen LogP contribution in [0.4, 0.5) is 0 Å². The zero-order chi connectivity index (χ0) is 14.6. The third-order valence-electron chi connectivity index (χ3n) is 3.83.